The molecule has 1 aromatic heterocycles. The Hall–Kier alpha value is -1.89. The van der Waals surface area contributed by atoms with Gasteiger partial charge in [-0.1, -0.05) is 0 Å². The highest BCUT2D eigenvalue weighted by Crippen LogP contribution is 1.92. The minimum absolute atomic E-state index is 0.259. The quantitative estimate of drug-likeness (QED) is 0.584. The van der Waals surface area contributed by atoms with Crippen LogP contribution in [0.2, 0.25) is 0 Å². The van der Waals surface area contributed by atoms with Gasteiger partial charge >= 0.3 is 5.97 Å². The average molecular weight is 227 g/mol. The molecule has 0 bridgehead atoms. The van der Waals surface area contributed by atoms with Crippen molar-refractivity contribution in [3.63, 3.8) is 0 Å². The summed E-state index contributed by atoms with van der Waals surface area (Å²) in [5.41, 5.74) is 5.03. The van der Waals surface area contributed by atoms with Crippen molar-refractivity contribution in [3.05, 3.63) is 31.8 Å². The molecule has 0 amide bonds. The van der Waals surface area contributed by atoms with Gasteiger partial charge in [0, 0.05) is 11.1 Å². The number of carboxylic acid groups (broad SMARTS) is 1. The molecule has 7 heteroatoms. The summed E-state index contributed by atoms with van der Waals surface area (Å²) in [5.74, 6) is -1.23. The summed E-state index contributed by atoms with van der Waals surface area (Å²) >= 11 is 0. The van der Waals surface area contributed by atoms with Gasteiger partial charge in [-0.25, -0.2) is 4.68 Å². The fourth-order valence-electron chi connectivity index (χ4n) is 1.19. The lowest BCUT2D eigenvalue weighted by atomic mass is 10.2. The Labute approximate surface area is 90.5 Å². The summed E-state index contributed by atoms with van der Waals surface area (Å²) in [6.07, 6.45) is 0. The number of hydrogen-bond acceptors (Lipinski definition) is 4. The van der Waals surface area contributed by atoms with Gasteiger partial charge in [0.25, 0.3) is 11.1 Å². The van der Waals surface area contributed by atoms with E-state index in [1.807, 2.05) is 0 Å². The lowest BCUT2D eigenvalue weighted by molar-refractivity contribution is -0.138. The van der Waals surface area contributed by atoms with E-state index >= 15 is 0 Å². The van der Waals surface area contributed by atoms with E-state index < -0.39 is 23.1 Å². The van der Waals surface area contributed by atoms with Crippen molar-refractivity contribution >= 4 is 5.97 Å². The first-order valence-electron chi connectivity index (χ1n) is 4.63. The largest absolute Gasteiger partial charge is 0.480 e. The first-order valence-corrected chi connectivity index (χ1v) is 4.63. The van der Waals surface area contributed by atoms with Crippen LogP contribution in [-0.2, 0) is 11.3 Å². The van der Waals surface area contributed by atoms with Gasteiger partial charge in [-0.05, 0) is 13.8 Å². The summed E-state index contributed by atoms with van der Waals surface area (Å²) in [6, 6.07) is -1.23. The van der Waals surface area contributed by atoms with Crippen molar-refractivity contribution in [2.75, 3.05) is 0 Å². The zero-order chi connectivity index (χ0) is 12.5. The van der Waals surface area contributed by atoms with Crippen LogP contribution in [0.15, 0.2) is 9.59 Å². The van der Waals surface area contributed by atoms with Crippen molar-refractivity contribution in [1.29, 1.82) is 0 Å². The molecule has 0 aliphatic carbocycles. The van der Waals surface area contributed by atoms with E-state index in [1.54, 1.807) is 0 Å². The number of aromatic amines is 1. The molecule has 1 aromatic rings. The van der Waals surface area contributed by atoms with Crippen molar-refractivity contribution in [2.24, 2.45) is 5.73 Å². The van der Waals surface area contributed by atoms with Gasteiger partial charge in [-0.2, -0.15) is 0 Å². The van der Waals surface area contributed by atoms with Gasteiger partial charge in [-0.3, -0.25) is 19.5 Å². The fourth-order valence-corrected chi connectivity index (χ4v) is 1.19. The van der Waals surface area contributed by atoms with Gasteiger partial charge in [0.15, 0.2) is 0 Å². The molecule has 0 saturated carbocycles. The molecular formula is C9H13N3O4. The molecule has 0 saturated heterocycles. The summed E-state index contributed by atoms with van der Waals surface area (Å²) in [6.45, 7) is 2.78. The third kappa shape index (κ3) is 2.19. The van der Waals surface area contributed by atoms with Crippen LogP contribution in [0.3, 0.4) is 0 Å². The van der Waals surface area contributed by atoms with Crippen molar-refractivity contribution in [1.82, 2.24) is 9.78 Å². The number of nitrogens with zero attached hydrogens (tertiary/aromatic N) is 1. The topological polar surface area (TPSA) is 118 Å². The lowest BCUT2D eigenvalue weighted by Gasteiger charge is -2.10. The SMILES string of the molecule is Cc1c(C)c(=O)n(CC(N)C(=O)O)[nH]c1=O. The number of aromatic nitrogens is 2. The van der Waals surface area contributed by atoms with Crippen molar-refractivity contribution < 1.29 is 9.90 Å². The number of carbonyl (C=O) groups is 1. The number of nitrogens with two attached hydrogens (primary N) is 1. The van der Waals surface area contributed by atoms with E-state index in [9.17, 15) is 14.4 Å². The minimum Gasteiger partial charge on any atom is -0.480 e. The number of hydrogen-bond donors (Lipinski definition) is 3. The minimum atomic E-state index is -1.23. The molecule has 1 heterocycles. The molecule has 1 unspecified atom stereocenters. The van der Waals surface area contributed by atoms with Crippen molar-refractivity contribution in [3.8, 4) is 0 Å². The van der Waals surface area contributed by atoms with E-state index in [-0.39, 0.29) is 6.54 Å². The van der Waals surface area contributed by atoms with Crippen LogP contribution in [0.25, 0.3) is 0 Å². The zero-order valence-corrected chi connectivity index (χ0v) is 8.98. The number of aliphatic carboxylic acids is 1. The predicted molar refractivity (Wildman–Crippen MR) is 56.4 cm³/mol. The summed E-state index contributed by atoms with van der Waals surface area (Å²) in [4.78, 5) is 33.5. The van der Waals surface area contributed by atoms with Crippen molar-refractivity contribution in [2.45, 2.75) is 26.4 Å². The standard InChI is InChI=1S/C9H13N3O4/c1-4-5(2)8(14)12(11-7(4)13)3-6(10)9(15)16/h6H,3,10H2,1-2H3,(H,11,13)(H,15,16). The molecule has 1 atom stereocenters. The third-order valence-electron chi connectivity index (χ3n) is 2.40. The molecule has 0 spiro atoms. The Kier molecular flexibility index (Phi) is 3.28. The second-order valence-corrected chi connectivity index (χ2v) is 3.55. The van der Waals surface area contributed by atoms with Crippen LogP contribution < -0.4 is 16.9 Å². The van der Waals surface area contributed by atoms with Crippen LogP contribution in [0.4, 0.5) is 0 Å². The van der Waals surface area contributed by atoms with Crippen LogP contribution in [0, 0.1) is 13.8 Å². The Bertz CT molecular complexity index is 529. The molecule has 4 N–H and O–H groups in total. The Morgan fingerprint density at radius 2 is 2.00 bits per heavy atom. The number of rotatable bonds is 3. The molecule has 88 valence electrons. The maximum absolute atomic E-state index is 11.6. The average Bonchev–Trinajstić information content (AvgIpc) is 2.22. The smallest absolute Gasteiger partial charge is 0.322 e. The second-order valence-electron chi connectivity index (χ2n) is 3.55. The summed E-state index contributed by atoms with van der Waals surface area (Å²) in [5, 5.41) is 10.9. The monoisotopic (exact) mass is 227 g/mol. The van der Waals surface area contributed by atoms with E-state index in [0.29, 0.717) is 11.1 Å². The molecule has 7 nitrogen and oxygen atoms in total. The molecule has 0 fully saturated rings. The summed E-state index contributed by atoms with van der Waals surface area (Å²) in [7, 11) is 0. The van der Waals surface area contributed by atoms with Crippen LogP contribution in [0.5, 0.6) is 0 Å². The van der Waals surface area contributed by atoms with Gasteiger partial charge in [0.2, 0.25) is 0 Å². The number of H-pyrrole nitrogens is 1. The number of carboxylic acids is 1. The molecule has 0 radical (unpaired) electrons. The summed E-state index contributed by atoms with van der Waals surface area (Å²) < 4.78 is 0.920. The molecule has 0 aliphatic rings. The van der Waals surface area contributed by atoms with Gasteiger partial charge in [0.05, 0.1) is 6.54 Å². The first kappa shape index (κ1) is 12.2. The second kappa shape index (κ2) is 4.31. The number of nitrogens with one attached hydrogen (secondary N) is 1. The maximum Gasteiger partial charge on any atom is 0.322 e. The van der Waals surface area contributed by atoms with E-state index in [0.717, 1.165) is 4.68 Å². The Morgan fingerprint density at radius 1 is 1.44 bits per heavy atom. The molecule has 1 rings (SSSR count). The highest BCUT2D eigenvalue weighted by molar-refractivity contribution is 5.72. The van der Waals surface area contributed by atoms with E-state index in [2.05, 4.69) is 5.10 Å². The van der Waals surface area contributed by atoms with E-state index in [1.165, 1.54) is 13.8 Å². The third-order valence-corrected chi connectivity index (χ3v) is 2.40. The Balaban J connectivity index is 3.22. The highest BCUT2D eigenvalue weighted by atomic mass is 16.4. The normalized spacial score (nSPS) is 12.4. The van der Waals surface area contributed by atoms with Crippen LogP contribution >= 0.6 is 0 Å². The highest BCUT2D eigenvalue weighted by Gasteiger charge is 2.15. The molecule has 16 heavy (non-hydrogen) atoms. The zero-order valence-electron chi connectivity index (χ0n) is 8.98. The predicted octanol–water partition coefficient (Wildman–Crippen LogP) is -1.43. The molecule has 0 aliphatic heterocycles. The van der Waals surface area contributed by atoms with Crippen LogP contribution in [0.1, 0.15) is 11.1 Å². The van der Waals surface area contributed by atoms with E-state index in [4.69, 9.17) is 10.8 Å². The maximum atomic E-state index is 11.6. The Morgan fingerprint density at radius 3 is 2.50 bits per heavy atom. The lowest BCUT2D eigenvalue weighted by Crippen LogP contribution is -2.42. The van der Waals surface area contributed by atoms with Gasteiger partial charge in [0.1, 0.15) is 6.04 Å². The van der Waals surface area contributed by atoms with Gasteiger partial charge < -0.3 is 10.8 Å². The first-order chi connectivity index (χ1) is 7.34. The molecule has 0 aromatic carbocycles. The fraction of sp³-hybridized carbons (Fsp3) is 0.444. The molecular weight excluding hydrogens is 214 g/mol. The van der Waals surface area contributed by atoms with Gasteiger partial charge in [-0.15, -0.1) is 0 Å². The van der Waals surface area contributed by atoms with Crippen LogP contribution in [-0.4, -0.2) is 26.9 Å².